The third kappa shape index (κ3) is 7.34. The molecule has 1 atom stereocenters. The summed E-state index contributed by atoms with van der Waals surface area (Å²) in [5.41, 5.74) is 1.66. The normalized spacial score (nSPS) is 19.2. The van der Waals surface area contributed by atoms with E-state index in [4.69, 9.17) is 9.47 Å². The van der Waals surface area contributed by atoms with E-state index in [1.54, 1.807) is 6.20 Å². The van der Waals surface area contributed by atoms with Gasteiger partial charge in [0, 0.05) is 38.4 Å². The van der Waals surface area contributed by atoms with Gasteiger partial charge < -0.3 is 14.6 Å². The maximum Gasteiger partial charge on any atom is 0.119 e. The van der Waals surface area contributed by atoms with Crippen LogP contribution in [0.3, 0.4) is 0 Å². The molecule has 1 aromatic heterocycles. The van der Waals surface area contributed by atoms with Crippen LogP contribution >= 0.6 is 0 Å². The minimum Gasteiger partial charge on any atom is -0.494 e. The standard InChI is InChI=1S/C27H35N3O3/c1-23-8-10-25(11-9-23)33-22-27(31)12-3-15-29(18-13-27)21-24-6-2-7-26(20-24)32-19-5-17-30-16-4-14-28-30/h2,4,6-11,14,16,20,31H,3,5,12-13,15,17-19,21-22H2,1H3/t27-/m1/s1. The molecule has 2 aromatic carbocycles. The lowest BCUT2D eigenvalue weighted by molar-refractivity contribution is -0.0168. The number of nitrogens with zero attached hydrogens (tertiary/aromatic N) is 3. The van der Waals surface area contributed by atoms with Crippen molar-refractivity contribution in [3.63, 3.8) is 0 Å². The highest BCUT2D eigenvalue weighted by Crippen LogP contribution is 2.25. The molecule has 2 heterocycles. The molecule has 6 heteroatoms. The summed E-state index contributed by atoms with van der Waals surface area (Å²) >= 11 is 0. The number of aryl methyl sites for hydroxylation is 2. The van der Waals surface area contributed by atoms with Crippen LogP contribution in [0, 0.1) is 6.92 Å². The maximum absolute atomic E-state index is 11.1. The van der Waals surface area contributed by atoms with Crippen molar-refractivity contribution in [2.45, 2.75) is 51.3 Å². The van der Waals surface area contributed by atoms with Crippen molar-refractivity contribution in [3.05, 3.63) is 78.1 Å². The van der Waals surface area contributed by atoms with Gasteiger partial charge in [0.25, 0.3) is 0 Å². The highest BCUT2D eigenvalue weighted by molar-refractivity contribution is 5.28. The number of hydrogen-bond acceptors (Lipinski definition) is 5. The molecular weight excluding hydrogens is 414 g/mol. The van der Waals surface area contributed by atoms with Crippen molar-refractivity contribution in [2.24, 2.45) is 0 Å². The summed E-state index contributed by atoms with van der Waals surface area (Å²) < 4.78 is 13.8. The molecular formula is C27H35N3O3. The van der Waals surface area contributed by atoms with Crippen molar-refractivity contribution in [1.29, 1.82) is 0 Å². The molecule has 0 bridgehead atoms. The van der Waals surface area contributed by atoms with Crippen molar-refractivity contribution >= 4 is 0 Å². The van der Waals surface area contributed by atoms with Crippen LogP contribution < -0.4 is 9.47 Å². The van der Waals surface area contributed by atoms with E-state index in [0.29, 0.717) is 19.6 Å². The van der Waals surface area contributed by atoms with Gasteiger partial charge in [-0.25, -0.2) is 0 Å². The second-order valence-corrected chi connectivity index (χ2v) is 9.07. The number of aliphatic hydroxyl groups is 1. The Morgan fingerprint density at radius 1 is 1.00 bits per heavy atom. The molecule has 1 saturated heterocycles. The molecule has 1 fully saturated rings. The minimum atomic E-state index is -0.779. The monoisotopic (exact) mass is 449 g/mol. The number of benzene rings is 2. The molecule has 1 N–H and O–H groups in total. The Hall–Kier alpha value is -2.83. The number of ether oxygens (including phenoxy) is 2. The minimum absolute atomic E-state index is 0.339. The zero-order valence-electron chi connectivity index (χ0n) is 19.5. The summed E-state index contributed by atoms with van der Waals surface area (Å²) in [4.78, 5) is 2.42. The van der Waals surface area contributed by atoms with E-state index in [9.17, 15) is 5.11 Å². The van der Waals surface area contributed by atoms with E-state index in [1.165, 1.54) is 11.1 Å². The zero-order chi connectivity index (χ0) is 22.9. The number of likely N-dealkylation sites (tertiary alicyclic amines) is 1. The van der Waals surface area contributed by atoms with Crippen LogP contribution in [0.5, 0.6) is 11.5 Å². The molecule has 1 aliphatic heterocycles. The second kappa shape index (κ2) is 11.3. The summed E-state index contributed by atoms with van der Waals surface area (Å²) in [6, 6.07) is 18.3. The van der Waals surface area contributed by atoms with Gasteiger partial charge in [-0.2, -0.15) is 5.10 Å². The number of hydrogen-bond donors (Lipinski definition) is 1. The van der Waals surface area contributed by atoms with Gasteiger partial charge in [0.05, 0.1) is 12.2 Å². The molecule has 0 unspecified atom stereocenters. The fourth-order valence-corrected chi connectivity index (χ4v) is 4.23. The molecule has 6 nitrogen and oxygen atoms in total. The topological polar surface area (TPSA) is 59.8 Å². The predicted octanol–water partition coefficient (Wildman–Crippen LogP) is 4.46. The zero-order valence-corrected chi connectivity index (χ0v) is 19.5. The van der Waals surface area contributed by atoms with E-state index in [0.717, 1.165) is 56.9 Å². The van der Waals surface area contributed by atoms with Crippen LogP contribution in [0.25, 0.3) is 0 Å². The Morgan fingerprint density at radius 3 is 2.70 bits per heavy atom. The predicted molar refractivity (Wildman–Crippen MR) is 130 cm³/mol. The van der Waals surface area contributed by atoms with Crippen molar-refractivity contribution in [1.82, 2.24) is 14.7 Å². The molecule has 33 heavy (non-hydrogen) atoms. The highest BCUT2D eigenvalue weighted by Gasteiger charge is 2.31. The molecule has 0 saturated carbocycles. The van der Waals surface area contributed by atoms with Gasteiger partial charge in [0.15, 0.2) is 0 Å². The van der Waals surface area contributed by atoms with Crippen molar-refractivity contribution in [2.75, 3.05) is 26.3 Å². The lowest BCUT2D eigenvalue weighted by Gasteiger charge is -2.27. The summed E-state index contributed by atoms with van der Waals surface area (Å²) in [6.07, 6.45) is 7.11. The van der Waals surface area contributed by atoms with Gasteiger partial charge in [-0.1, -0.05) is 29.8 Å². The summed E-state index contributed by atoms with van der Waals surface area (Å²) in [7, 11) is 0. The fraction of sp³-hybridized carbons (Fsp3) is 0.444. The van der Waals surface area contributed by atoms with E-state index in [-0.39, 0.29) is 0 Å². The average molecular weight is 450 g/mol. The summed E-state index contributed by atoms with van der Waals surface area (Å²) in [6.45, 7) is 6.61. The van der Waals surface area contributed by atoms with Gasteiger partial charge >= 0.3 is 0 Å². The van der Waals surface area contributed by atoms with Gasteiger partial charge in [0.1, 0.15) is 18.1 Å². The van der Waals surface area contributed by atoms with E-state index in [1.807, 2.05) is 47.3 Å². The Kier molecular flexibility index (Phi) is 8.02. The first-order valence-corrected chi connectivity index (χ1v) is 11.9. The molecule has 176 valence electrons. The molecule has 0 aliphatic carbocycles. The molecule has 0 spiro atoms. The first-order chi connectivity index (χ1) is 16.1. The van der Waals surface area contributed by atoms with Crippen LogP contribution in [0.15, 0.2) is 67.0 Å². The highest BCUT2D eigenvalue weighted by atomic mass is 16.5. The van der Waals surface area contributed by atoms with Crippen LogP contribution in [0.4, 0.5) is 0 Å². The number of rotatable bonds is 10. The molecule has 0 amide bonds. The average Bonchev–Trinajstić information content (AvgIpc) is 3.27. The number of aromatic nitrogens is 2. The lowest BCUT2D eigenvalue weighted by Crippen LogP contribution is -2.37. The van der Waals surface area contributed by atoms with Crippen LogP contribution in [-0.4, -0.2) is 51.7 Å². The van der Waals surface area contributed by atoms with Crippen LogP contribution in [0.2, 0.25) is 0 Å². The van der Waals surface area contributed by atoms with Gasteiger partial charge in [-0.3, -0.25) is 9.58 Å². The van der Waals surface area contributed by atoms with E-state index >= 15 is 0 Å². The van der Waals surface area contributed by atoms with Gasteiger partial charge in [0.2, 0.25) is 0 Å². The Balaban J connectivity index is 1.23. The van der Waals surface area contributed by atoms with E-state index < -0.39 is 5.60 Å². The first kappa shape index (κ1) is 23.3. The first-order valence-electron chi connectivity index (χ1n) is 11.9. The third-order valence-electron chi connectivity index (χ3n) is 6.20. The summed E-state index contributed by atoms with van der Waals surface area (Å²) in [5, 5.41) is 15.3. The molecule has 4 rings (SSSR count). The summed E-state index contributed by atoms with van der Waals surface area (Å²) in [5.74, 6) is 1.72. The second-order valence-electron chi connectivity index (χ2n) is 9.07. The Labute approximate surface area is 196 Å². The molecule has 0 radical (unpaired) electrons. The fourth-order valence-electron chi connectivity index (χ4n) is 4.23. The molecule has 3 aromatic rings. The Morgan fingerprint density at radius 2 is 1.88 bits per heavy atom. The van der Waals surface area contributed by atoms with Crippen molar-refractivity contribution < 1.29 is 14.6 Å². The Bertz CT molecular complexity index is 975. The SMILES string of the molecule is Cc1ccc(OC[C@@]2(O)CCCN(Cc3cccc(OCCCn4cccn4)c3)CC2)cc1. The third-order valence-corrected chi connectivity index (χ3v) is 6.20. The van der Waals surface area contributed by atoms with Gasteiger partial charge in [-0.15, -0.1) is 0 Å². The maximum atomic E-state index is 11.1. The quantitative estimate of drug-likeness (QED) is 0.463. The largest absolute Gasteiger partial charge is 0.494 e. The van der Waals surface area contributed by atoms with Crippen LogP contribution in [-0.2, 0) is 13.1 Å². The van der Waals surface area contributed by atoms with E-state index in [2.05, 4.69) is 35.1 Å². The van der Waals surface area contributed by atoms with Gasteiger partial charge in [-0.05, 0) is 68.6 Å². The smallest absolute Gasteiger partial charge is 0.119 e. The molecule has 1 aliphatic rings. The lowest BCUT2D eigenvalue weighted by atomic mass is 9.96. The van der Waals surface area contributed by atoms with Crippen LogP contribution in [0.1, 0.15) is 36.8 Å². The van der Waals surface area contributed by atoms with Crippen molar-refractivity contribution in [3.8, 4) is 11.5 Å².